The zero-order valence-electron chi connectivity index (χ0n) is 15.1. The second-order valence-electron chi connectivity index (χ2n) is 7.59. The molecule has 2 fully saturated rings. The van der Waals surface area contributed by atoms with Crippen molar-refractivity contribution >= 4 is 5.91 Å². The van der Waals surface area contributed by atoms with Crippen molar-refractivity contribution in [2.75, 3.05) is 13.1 Å². The van der Waals surface area contributed by atoms with Crippen molar-refractivity contribution in [1.29, 1.82) is 0 Å². The molecule has 1 aromatic carbocycles. The molecular formula is C20H26N4O2. The van der Waals surface area contributed by atoms with Gasteiger partial charge in [-0.15, -0.1) is 0 Å². The maximum Gasteiger partial charge on any atom is 0.347 e. The highest BCUT2D eigenvalue weighted by Gasteiger charge is 2.30. The lowest BCUT2D eigenvalue weighted by molar-refractivity contribution is -0.133. The molecule has 1 amide bonds. The SMILES string of the molecule is O=C(CC1CCCC1)N1CCCC(c2n[nH]c(=O)n2-c2ccccc2)C1. The van der Waals surface area contributed by atoms with E-state index in [1.165, 1.54) is 25.7 Å². The van der Waals surface area contributed by atoms with Crippen LogP contribution in [0.1, 0.15) is 56.7 Å². The molecule has 1 atom stereocenters. The highest BCUT2D eigenvalue weighted by atomic mass is 16.2. The molecule has 2 heterocycles. The average molecular weight is 354 g/mol. The molecule has 2 aromatic rings. The number of amides is 1. The number of nitrogens with zero attached hydrogens (tertiary/aromatic N) is 3. The summed E-state index contributed by atoms with van der Waals surface area (Å²) in [7, 11) is 0. The van der Waals surface area contributed by atoms with Crippen LogP contribution < -0.4 is 5.69 Å². The highest BCUT2D eigenvalue weighted by molar-refractivity contribution is 5.76. The third kappa shape index (κ3) is 3.45. The molecule has 1 unspecified atom stereocenters. The summed E-state index contributed by atoms with van der Waals surface area (Å²) in [4.78, 5) is 27.0. The lowest BCUT2D eigenvalue weighted by Crippen LogP contribution is -2.40. The normalized spacial score (nSPS) is 21.2. The number of H-pyrrole nitrogens is 1. The Morgan fingerprint density at radius 2 is 1.88 bits per heavy atom. The van der Waals surface area contributed by atoms with E-state index in [4.69, 9.17) is 0 Å². The Morgan fingerprint density at radius 1 is 1.12 bits per heavy atom. The van der Waals surface area contributed by atoms with Crippen molar-refractivity contribution in [1.82, 2.24) is 19.7 Å². The van der Waals surface area contributed by atoms with Crippen molar-refractivity contribution in [3.8, 4) is 5.69 Å². The highest BCUT2D eigenvalue weighted by Crippen LogP contribution is 2.30. The van der Waals surface area contributed by atoms with Gasteiger partial charge in [-0.2, -0.15) is 5.10 Å². The van der Waals surface area contributed by atoms with Crippen molar-refractivity contribution < 1.29 is 4.79 Å². The quantitative estimate of drug-likeness (QED) is 0.918. The molecule has 1 N–H and O–H groups in total. The topological polar surface area (TPSA) is 71.0 Å². The molecule has 138 valence electrons. The number of carbonyl (C=O) groups excluding carboxylic acids is 1. The fourth-order valence-electron chi connectivity index (χ4n) is 4.41. The summed E-state index contributed by atoms with van der Waals surface area (Å²) in [6, 6.07) is 9.57. The molecule has 0 spiro atoms. The van der Waals surface area contributed by atoms with Crippen molar-refractivity contribution in [2.45, 2.75) is 50.9 Å². The maximum atomic E-state index is 12.7. The van der Waals surface area contributed by atoms with Crippen LogP contribution in [0.25, 0.3) is 5.69 Å². The van der Waals surface area contributed by atoms with Gasteiger partial charge in [0, 0.05) is 25.4 Å². The fraction of sp³-hybridized carbons (Fsp3) is 0.550. The summed E-state index contributed by atoms with van der Waals surface area (Å²) in [5.41, 5.74) is 0.594. The minimum absolute atomic E-state index is 0.0930. The second-order valence-corrected chi connectivity index (χ2v) is 7.59. The molecule has 1 aliphatic heterocycles. The van der Waals surface area contributed by atoms with Crippen LogP contribution in [-0.2, 0) is 4.79 Å². The number of nitrogens with one attached hydrogen (secondary N) is 1. The Labute approximate surface area is 153 Å². The first-order chi connectivity index (χ1) is 12.7. The van der Waals surface area contributed by atoms with E-state index in [1.807, 2.05) is 35.2 Å². The predicted molar refractivity (Wildman–Crippen MR) is 99.3 cm³/mol. The van der Waals surface area contributed by atoms with Crippen LogP contribution in [0.3, 0.4) is 0 Å². The minimum Gasteiger partial charge on any atom is -0.342 e. The molecule has 26 heavy (non-hydrogen) atoms. The number of carbonyl (C=O) groups is 1. The van der Waals surface area contributed by atoms with Crippen molar-refractivity contribution in [2.24, 2.45) is 5.92 Å². The standard InChI is InChI=1S/C20H26N4O2/c25-18(13-15-7-4-5-8-15)23-12-6-9-16(14-23)19-21-22-20(26)24(19)17-10-2-1-3-11-17/h1-3,10-11,15-16H,4-9,12-14H2,(H,22,26). The first-order valence-electron chi connectivity index (χ1n) is 9.73. The van der Waals surface area contributed by atoms with Gasteiger partial charge in [-0.1, -0.05) is 31.0 Å². The molecule has 2 aliphatic rings. The molecule has 0 radical (unpaired) electrons. The number of hydrogen-bond acceptors (Lipinski definition) is 3. The minimum atomic E-state index is -0.222. The molecule has 6 nitrogen and oxygen atoms in total. The number of piperidine rings is 1. The number of hydrogen-bond donors (Lipinski definition) is 1. The van der Waals surface area contributed by atoms with Gasteiger partial charge in [0.05, 0.1) is 5.69 Å². The van der Waals surface area contributed by atoms with E-state index < -0.39 is 0 Å². The second kappa shape index (κ2) is 7.48. The Kier molecular flexibility index (Phi) is 4.91. The van der Waals surface area contributed by atoms with Gasteiger partial charge >= 0.3 is 5.69 Å². The molecule has 1 saturated carbocycles. The Morgan fingerprint density at radius 3 is 2.65 bits per heavy atom. The van der Waals surface area contributed by atoms with Crippen LogP contribution in [-0.4, -0.2) is 38.7 Å². The Bertz CT molecular complexity index is 805. The summed E-state index contributed by atoms with van der Waals surface area (Å²) in [5, 5.41) is 6.89. The maximum absolute atomic E-state index is 12.7. The first kappa shape index (κ1) is 17.1. The van der Waals surface area contributed by atoms with E-state index in [0.717, 1.165) is 30.9 Å². The van der Waals surface area contributed by atoms with Crippen LogP contribution in [0.2, 0.25) is 0 Å². The van der Waals surface area contributed by atoms with E-state index in [2.05, 4.69) is 10.2 Å². The number of aromatic amines is 1. The van der Waals surface area contributed by atoms with E-state index >= 15 is 0 Å². The number of aromatic nitrogens is 3. The molecule has 0 bridgehead atoms. The molecule has 1 saturated heterocycles. The molecule has 6 heteroatoms. The summed E-state index contributed by atoms with van der Waals surface area (Å²) < 4.78 is 1.65. The van der Waals surface area contributed by atoms with Crippen LogP contribution in [0.15, 0.2) is 35.1 Å². The zero-order chi connectivity index (χ0) is 17.9. The van der Waals surface area contributed by atoms with Crippen molar-refractivity contribution in [3.63, 3.8) is 0 Å². The van der Waals surface area contributed by atoms with E-state index in [0.29, 0.717) is 18.9 Å². The molecular weight excluding hydrogens is 328 g/mol. The summed E-state index contributed by atoms with van der Waals surface area (Å²) >= 11 is 0. The lowest BCUT2D eigenvalue weighted by atomic mass is 9.95. The smallest absolute Gasteiger partial charge is 0.342 e. The monoisotopic (exact) mass is 354 g/mol. The van der Waals surface area contributed by atoms with Gasteiger partial charge in [-0.05, 0) is 43.7 Å². The van der Waals surface area contributed by atoms with Gasteiger partial charge in [-0.3, -0.25) is 4.79 Å². The Hall–Kier alpha value is -2.37. The third-order valence-electron chi connectivity index (χ3n) is 5.79. The molecule has 1 aliphatic carbocycles. The largest absolute Gasteiger partial charge is 0.347 e. The van der Waals surface area contributed by atoms with Crippen LogP contribution >= 0.6 is 0 Å². The van der Waals surface area contributed by atoms with Gasteiger partial charge in [0.1, 0.15) is 5.82 Å². The Balaban J connectivity index is 1.52. The van der Waals surface area contributed by atoms with Gasteiger partial charge in [0.2, 0.25) is 5.91 Å². The average Bonchev–Trinajstić information content (AvgIpc) is 3.32. The van der Waals surface area contributed by atoms with Gasteiger partial charge in [0.15, 0.2) is 0 Å². The van der Waals surface area contributed by atoms with E-state index in [-0.39, 0.29) is 17.5 Å². The van der Waals surface area contributed by atoms with Crippen LogP contribution in [0.4, 0.5) is 0 Å². The third-order valence-corrected chi connectivity index (χ3v) is 5.79. The fourth-order valence-corrected chi connectivity index (χ4v) is 4.41. The van der Waals surface area contributed by atoms with E-state index in [9.17, 15) is 9.59 Å². The number of benzene rings is 1. The van der Waals surface area contributed by atoms with Gasteiger partial charge in [-0.25, -0.2) is 14.5 Å². The van der Waals surface area contributed by atoms with E-state index in [1.54, 1.807) is 4.57 Å². The number of likely N-dealkylation sites (tertiary alicyclic amines) is 1. The summed E-state index contributed by atoms with van der Waals surface area (Å²) in [6.45, 7) is 1.48. The molecule has 4 rings (SSSR count). The zero-order valence-corrected chi connectivity index (χ0v) is 15.1. The first-order valence-corrected chi connectivity index (χ1v) is 9.73. The van der Waals surface area contributed by atoms with Gasteiger partial charge in [0.25, 0.3) is 0 Å². The van der Waals surface area contributed by atoms with Crippen LogP contribution in [0.5, 0.6) is 0 Å². The van der Waals surface area contributed by atoms with Crippen molar-refractivity contribution in [3.05, 3.63) is 46.6 Å². The van der Waals surface area contributed by atoms with Crippen LogP contribution in [0, 0.1) is 5.92 Å². The summed E-state index contributed by atoms with van der Waals surface area (Å²) in [6.07, 6.45) is 7.49. The predicted octanol–water partition coefficient (Wildman–Crippen LogP) is 2.85. The van der Waals surface area contributed by atoms with Gasteiger partial charge < -0.3 is 4.90 Å². The lowest BCUT2D eigenvalue weighted by Gasteiger charge is -2.33. The number of para-hydroxylation sites is 1. The summed E-state index contributed by atoms with van der Waals surface area (Å²) in [5.74, 6) is 1.66. The molecule has 1 aromatic heterocycles. The number of rotatable bonds is 4.